The lowest BCUT2D eigenvalue weighted by molar-refractivity contribution is 0.281. The Morgan fingerprint density at radius 3 is 2.83 bits per heavy atom. The van der Waals surface area contributed by atoms with Crippen LogP contribution in [0.5, 0.6) is 0 Å². The fourth-order valence-electron chi connectivity index (χ4n) is 3.07. The highest BCUT2D eigenvalue weighted by Crippen LogP contribution is 2.30. The highest BCUT2D eigenvalue weighted by Gasteiger charge is 2.18. The van der Waals surface area contributed by atoms with Gasteiger partial charge in [0.25, 0.3) is 0 Å². The lowest BCUT2D eigenvalue weighted by Gasteiger charge is -2.20. The molecule has 1 aliphatic carbocycles. The molecule has 0 amide bonds. The predicted molar refractivity (Wildman–Crippen MR) is 73.7 cm³/mol. The van der Waals surface area contributed by atoms with E-state index >= 15 is 0 Å². The van der Waals surface area contributed by atoms with Crippen LogP contribution in [0.4, 0.5) is 0 Å². The molecule has 1 N–H and O–H groups in total. The van der Waals surface area contributed by atoms with Gasteiger partial charge in [-0.3, -0.25) is 4.98 Å². The SMILES string of the molecule is CCc1cccc2c(CO)c3c(nc12)CCCC3. The van der Waals surface area contributed by atoms with E-state index in [1.807, 2.05) is 0 Å². The molecule has 1 aliphatic rings. The van der Waals surface area contributed by atoms with Crippen LogP contribution in [-0.4, -0.2) is 10.1 Å². The largest absolute Gasteiger partial charge is 0.392 e. The summed E-state index contributed by atoms with van der Waals surface area (Å²) in [6.45, 7) is 2.29. The van der Waals surface area contributed by atoms with Gasteiger partial charge in [-0.2, -0.15) is 0 Å². The van der Waals surface area contributed by atoms with Gasteiger partial charge in [0.05, 0.1) is 12.1 Å². The zero-order chi connectivity index (χ0) is 12.5. The summed E-state index contributed by atoms with van der Waals surface area (Å²) in [6, 6.07) is 6.32. The van der Waals surface area contributed by atoms with E-state index in [-0.39, 0.29) is 6.61 Å². The molecule has 0 atom stereocenters. The monoisotopic (exact) mass is 241 g/mol. The zero-order valence-electron chi connectivity index (χ0n) is 10.9. The van der Waals surface area contributed by atoms with Crippen molar-refractivity contribution in [1.29, 1.82) is 0 Å². The van der Waals surface area contributed by atoms with Gasteiger partial charge in [0.2, 0.25) is 0 Å². The second-order valence-corrected chi connectivity index (χ2v) is 5.05. The van der Waals surface area contributed by atoms with Crippen LogP contribution in [-0.2, 0) is 25.9 Å². The summed E-state index contributed by atoms with van der Waals surface area (Å²) in [6.07, 6.45) is 5.58. The maximum absolute atomic E-state index is 9.73. The van der Waals surface area contributed by atoms with E-state index in [2.05, 4.69) is 25.1 Å². The Bertz CT molecular complexity index is 589. The number of rotatable bonds is 2. The molecule has 0 radical (unpaired) electrons. The molecule has 0 spiro atoms. The molecule has 18 heavy (non-hydrogen) atoms. The Hall–Kier alpha value is -1.41. The first-order valence-corrected chi connectivity index (χ1v) is 6.88. The van der Waals surface area contributed by atoms with E-state index in [4.69, 9.17) is 4.98 Å². The molecular weight excluding hydrogens is 222 g/mol. The molecule has 0 saturated carbocycles. The van der Waals surface area contributed by atoms with Crippen molar-refractivity contribution in [1.82, 2.24) is 4.98 Å². The van der Waals surface area contributed by atoms with Crippen LogP contribution in [0.25, 0.3) is 10.9 Å². The van der Waals surface area contributed by atoms with Crippen molar-refractivity contribution in [3.05, 3.63) is 40.6 Å². The minimum atomic E-state index is 0.133. The molecule has 94 valence electrons. The van der Waals surface area contributed by atoms with Crippen molar-refractivity contribution in [3.63, 3.8) is 0 Å². The summed E-state index contributed by atoms with van der Waals surface area (Å²) >= 11 is 0. The van der Waals surface area contributed by atoms with Crippen LogP contribution < -0.4 is 0 Å². The molecule has 2 heteroatoms. The normalized spacial score (nSPS) is 14.8. The van der Waals surface area contributed by atoms with Crippen LogP contribution in [0.2, 0.25) is 0 Å². The third kappa shape index (κ3) is 1.72. The highest BCUT2D eigenvalue weighted by atomic mass is 16.3. The molecular formula is C16H19NO. The Balaban J connectivity index is 2.36. The van der Waals surface area contributed by atoms with Gasteiger partial charge in [-0.15, -0.1) is 0 Å². The number of nitrogens with zero attached hydrogens (tertiary/aromatic N) is 1. The molecule has 1 heterocycles. The second-order valence-electron chi connectivity index (χ2n) is 5.05. The summed E-state index contributed by atoms with van der Waals surface area (Å²) in [4.78, 5) is 4.88. The Kier molecular flexibility index (Phi) is 3.04. The number of para-hydroxylation sites is 1. The minimum Gasteiger partial charge on any atom is -0.392 e. The first-order valence-electron chi connectivity index (χ1n) is 6.88. The van der Waals surface area contributed by atoms with Gasteiger partial charge in [-0.25, -0.2) is 0 Å². The smallest absolute Gasteiger partial charge is 0.0740 e. The number of aliphatic hydroxyl groups excluding tert-OH is 1. The quantitative estimate of drug-likeness (QED) is 0.876. The summed E-state index contributed by atoms with van der Waals surface area (Å²) in [5, 5.41) is 10.9. The molecule has 0 aliphatic heterocycles. The average Bonchev–Trinajstić information content (AvgIpc) is 2.44. The summed E-state index contributed by atoms with van der Waals surface area (Å²) < 4.78 is 0. The third-order valence-corrected chi connectivity index (χ3v) is 4.03. The number of aromatic nitrogens is 1. The first kappa shape index (κ1) is 11.7. The van der Waals surface area contributed by atoms with Crippen molar-refractivity contribution in [2.45, 2.75) is 45.6 Å². The van der Waals surface area contributed by atoms with Crippen LogP contribution in [0.3, 0.4) is 0 Å². The Labute approximate surface area is 108 Å². The fraction of sp³-hybridized carbons (Fsp3) is 0.438. The topological polar surface area (TPSA) is 33.1 Å². The van der Waals surface area contributed by atoms with Gasteiger partial charge in [-0.05, 0) is 48.8 Å². The van der Waals surface area contributed by atoms with Gasteiger partial charge in [-0.1, -0.05) is 25.1 Å². The molecule has 0 saturated heterocycles. The van der Waals surface area contributed by atoms with Gasteiger partial charge in [0, 0.05) is 11.1 Å². The van der Waals surface area contributed by atoms with Crippen LogP contribution in [0.1, 0.15) is 42.1 Å². The van der Waals surface area contributed by atoms with Crippen molar-refractivity contribution >= 4 is 10.9 Å². The molecule has 1 aromatic heterocycles. The van der Waals surface area contributed by atoms with Crippen molar-refractivity contribution in [2.75, 3.05) is 0 Å². The summed E-state index contributed by atoms with van der Waals surface area (Å²) in [5.41, 5.74) is 6.04. The van der Waals surface area contributed by atoms with Gasteiger partial charge < -0.3 is 5.11 Å². The van der Waals surface area contributed by atoms with Crippen molar-refractivity contribution < 1.29 is 5.11 Å². The molecule has 1 aromatic carbocycles. The maximum atomic E-state index is 9.73. The minimum absolute atomic E-state index is 0.133. The van der Waals surface area contributed by atoms with Crippen molar-refractivity contribution in [3.8, 4) is 0 Å². The van der Waals surface area contributed by atoms with Gasteiger partial charge >= 0.3 is 0 Å². The van der Waals surface area contributed by atoms with Crippen LogP contribution in [0, 0.1) is 0 Å². The van der Waals surface area contributed by atoms with E-state index in [1.54, 1.807) is 0 Å². The number of benzene rings is 1. The highest BCUT2D eigenvalue weighted by molar-refractivity contribution is 5.86. The van der Waals surface area contributed by atoms with E-state index in [9.17, 15) is 5.11 Å². The van der Waals surface area contributed by atoms with E-state index < -0.39 is 0 Å². The third-order valence-electron chi connectivity index (χ3n) is 4.03. The maximum Gasteiger partial charge on any atom is 0.0740 e. The van der Waals surface area contributed by atoms with Crippen LogP contribution >= 0.6 is 0 Å². The molecule has 2 aromatic rings. The number of fused-ring (bicyclic) bond motifs is 2. The Morgan fingerprint density at radius 2 is 2.06 bits per heavy atom. The summed E-state index contributed by atoms with van der Waals surface area (Å²) in [5.74, 6) is 0. The van der Waals surface area contributed by atoms with Crippen LogP contribution in [0.15, 0.2) is 18.2 Å². The molecule has 0 bridgehead atoms. The molecule has 3 rings (SSSR count). The van der Waals surface area contributed by atoms with E-state index in [0.717, 1.165) is 35.7 Å². The zero-order valence-corrected chi connectivity index (χ0v) is 10.9. The lowest BCUT2D eigenvalue weighted by Crippen LogP contribution is -2.10. The van der Waals surface area contributed by atoms with E-state index in [1.165, 1.54) is 29.7 Å². The van der Waals surface area contributed by atoms with E-state index in [0.29, 0.717) is 0 Å². The second kappa shape index (κ2) is 4.69. The number of hydrogen-bond acceptors (Lipinski definition) is 2. The number of aryl methyl sites for hydroxylation is 2. The average molecular weight is 241 g/mol. The number of hydrogen-bond donors (Lipinski definition) is 1. The predicted octanol–water partition coefficient (Wildman–Crippen LogP) is 3.17. The fourth-order valence-corrected chi connectivity index (χ4v) is 3.07. The number of pyridine rings is 1. The molecule has 2 nitrogen and oxygen atoms in total. The van der Waals surface area contributed by atoms with Gasteiger partial charge in [0.1, 0.15) is 0 Å². The first-order chi connectivity index (χ1) is 8.85. The standard InChI is InChI=1S/C16H19NO/c1-2-11-6-5-8-13-14(10-18)12-7-3-4-9-15(12)17-16(11)13/h5-6,8,18H,2-4,7,9-10H2,1H3. The molecule has 0 unspecified atom stereocenters. The molecule has 0 fully saturated rings. The number of aliphatic hydroxyl groups is 1. The Morgan fingerprint density at radius 1 is 1.22 bits per heavy atom. The van der Waals surface area contributed by atoms with Crippen molar-refractivity contribution in [2.24, 2.45) is 0 Å². The lowest BCUT2D eigenvalue weighted by atomic mass is 9.89. The van der Waals surface area contributed by atoms with Gasteiger partial charge in [0.15, 0.2) is 0 Å². The summed E-state index contributed by atoms with van der Waals surface area (Å²) in [7, 11) is 0.